The number of hydrogen-bond acceptors (Lipinski definition) is 7. The molecule has 4 rings (SSSR count). The average molecular weight is 378 g/mol. The number of hydrogen-bond donors (Lipinski definition) is 0. The van der Waals surface area contributed by atoms with Crippen LogP contribution in [0.3, 0.4) is 0 Å². The van der Waals surface area contributed by atoms with E-state index in [9.17, 15) is 13.2 Å². The number of allylic oxidation sites excluding steroid dienone is 1. The number of halogens is 3. The van der Waals surface area contributed by atoms with E-state index in [2.05, 4.69) is 19.7 Å². The molecule has 0 amide bonds. The minimum Gasteiger partial charge on any atom is -0.422 e. The molecule has 0 saturated heterocycles. The predicted molar refractivity (Wildman–Crippen MR) is 91.1 cm³/mol. The molecule has 3 aromatic rings. The molecule has 3 heterocycles. The quantitative estimate of drug-likeness (QED) is 0.660. The lowest BCUT2D eigenvalue weighted by Crippen LogP contribution is -2.17. The molecule has 0 saturated carbocycles. The predicted octanol–water partition coefficient (Wildman–Crippen LogP) is 4.73. The molecule has 0 N–H and O–H groups in total. The Labute approximate surface area is 148 Å². The minimum atomic E-state index is -4.84. The van der Waals surface area contributed by atoms with Gasteiger partial charge in [0.15, 0.2) is 16.8 Å². The number of ether oxygens (including phenoxy) is 1. The van der Waals surface area contributed by atoms with Crippen LogP contribution in [-0.2, 0) is 0 Å². The molecular formula is C16H9F3N4O2S. The lowest BCUT2D eigenvalue weighted by molar-refractivity contribution is -0.274. The van der Waals surface area contributed by atoms with Crippen LogP contribution in [0.1, 0.15) is 0 Å². The van der Waals surface area contributed by atoms with Crippen LogP contribution < -0.4 is 9.64 Å². The molecule has 10 heteroatoms. The van der Waals surface area contributed by atoms with E-state index in [4.69, 9.17) is 4.42 Å². The van der Waals surface area contributed by atoms with Crippen molar-refractivity contribution in [1.82, 2.24) is 9.97 Å². The summed E-state index contributed by atoms with van der Waals surface area (Å²) < 4.78 is 48.0. The monoisotopic (exact) mass is 378 g/mol. The van der Waals surface area contributed by atoms with Crippen molar-refractivity contribution in [3.05, 3.63) is 48.4 Å². The molecule has 132 valence electrons. The molecular weight excluding hydrogens is 369 g/mol. The van der Waals surface area contributed by atoms with E-state index in [1.54, 1.807) is 36.3 Å². The third kappa shape index (κ3) is 3.18. The second-order valence-corrected chi connectivity index (χ2v) is 5.91. The Morgan fingerprint density at radius 3 is 2.85 bits per heavy atom. The number of fused-ring (bicyclic) bond motifs is 1. The highest BCUT2D eigenvalue weighted by molar-refractivity contribution is 7.13. The fourth-order valence-corrected chi connectivity index (χ4v) is 2.99. The molecule has 0 unspecified atom stereocenters. The number of aromatic nitrogens is 2. The van der Waals surface area contributed by atoms with Crippen molar-refractivity contribution in [2.75, 3.05) is 4.90 Å². The second kappa shape index (κ2) is 6.30. The van der Waals surface area contributed by atoms with Crippen LogP contribution in [0.5, 0.6) is 5.75 Å². The number of alkyl halides is 3. The zero-order valence-corrected chi connectivity index (χ0v) is 13.7. The molecule has 26 heavy (non-hydrogen) atoms. The molecule has 0 atom stereocenters. The highest BCUT2D eigenvalue weighted by Crippen LogP contribution is 2.39. The molecule has 2 aromatic heterocycles. The summed E-state index contributed by atoms with van der Waals surface area (Å²) in [7, 11) is 0. The van der Waals surface area contributed by atoms with Gasteiger partial charge in [0.1, 0.15) is 5.01 Å². The Balaban J connectivity index is 1.88. The van der Waals surface area contributed by atoms with Crippen LogP contribution in [0.4, 0.5) is 19.2 Å². The summed E-state index contributed by atoms with van der Waals surface area (Å²) in [5, 5.41) is 2.36. The van der Waals surface area contributed by atoms with Crippen molar-refractivity contribution in [1.29, 1.82) is 0 Å². The summed E-state index contributed by atoms with van der Waals surface area (Å²) in [6.07, 6.45) is 4.64. The van der Waals surface area contributed by atoms with Crippen molar-refractivity contribution in [2.45, 2.75) is 6.36 Å². The number of benzene rings is 1. The lowest BCUT2D eigenvalue weighted by Gasteiger charge is -2.09. The van der Waals surface area contributed by atoms with Gasteiger partial charge in [-0.15, -0.1) is 24.5 Å². The molecule has 0 aliphatic carbocycles. The lowest BCUT2D eigenvalue weighted by atomic mass is 10.2. The summed E-state index contributed by atoms with van der Waals surface area (Å²) >= 11 is 1.33. The van der Waals surface area contributed by atoms with E-state index in [1.165, 1.54) is 34.6 Å². The molecule has 0 fully saturated rings. The molecule has 0 bridgehead atoms. The highest BCUT2D eigenvalue weighted by atomic mass is 32.1. The third-order valence-corrected chi connectivity index (χ3v) is 4.14. The molecule has 1 aliphatic heterocycles. The minimum absolute atomic E-state index is 0.0445. The second-order valence-electron chi connectivity index (χ2n) is 5.02. The number of anilines is 1. The summed E-state index contributed by atoms with van der Waals surface area (Å²) in [4.78, 5) is 13.8. The summed E-state index contributed by atoms with van der Waals surface area (Å²) in [5.74, 6) is -0.443. The van der Waals surface area contributed by atoms with Gasteiger partial charge in [-0.25, -0.2) is 4.98 Å². The molecule has 6 nitrogen and oxygen atoms in total. The summed E-state index contributed by atoms with van der Waals surface area (Å²) in [6.45, 7) is 0. The van der Waals surface area contributed by atoms with Gasteiger partial charge >= 0.3 is 12.4 Å². The van der Waals surface area contributed by atoms with Crippen LogP contribution >= 0.6 is 11.3 Å². The number of rotatable bonds is 3. The standard InChI is InChI=1S/C16H9F3N4O2S/c17-16(18,19)25-11-3-2-10(14-21-6-9-26-14)13-12(11)22-15(24-13)23-7-1-4-20-5-8-23/h1-9H. The third-order valence-electron chi connectivity index (χ3n) is 3.34. The zero-order valence-electron chi connectivity index (χ0n) is 12.8. The Hall–Kier alpha value is -3.14. The Morgan fingerprint density at radius 1 is 1.19 bits per heavy atom. The largest absolute Gasteiger partial charge is 0.573 e. The maximum atomic E-state index is 12.7. The van der Waals surface area contributed by atoms with Crippen molar-refractivity contribution >= 4 is 34.7 Å². The van der Waals surface area contributed by atoms with Gasteiger partial charge in [-0.2, -0.15) is 4.98 Å². The molecule has 1 aliphatic rings. The SMILES string of the molecule is FC(F)(F)Oc1ccc(-c2nccs2)c2oc(N3C=CC=NC=C3)nc12. The van der Waals surface area contributed by atoms with Crippen LogP contribution in [0.15, 0.2) is 57.8 Å². The number of nitrogens with zero attached hydrogens (tertiary/aromatic N) is 4. The summed E-state index contributed by atoms with van der Waals surface area (Å²) in [5.41, 5.74) is 0.642. The van der Waals surface area contributed by atoms with Crippen LogP contribution in [0, 0.1) is 0 Å². The van der Waals surface area contributed by atoms with Gasteiger partial charge in [-0.05, 0) is 18.2 Å². The first-order chi connectivity index (χ1) is 12.5. The fourth-order valence-electron chi connectivity index (χ4n) is 2.33. The first-order valence-electron chi connectivity index (χ1n) is 7.25. The molecule has 0 radical (unpaired) electrons. The van der Waals surface area contributed by atoms with E-state index in [0.29, 0.717) is 10.6 Å². The van der Waals surface area contributed by atoms with Gasteiger partial charge in [0.05, 0.1) is 5.56 Å². The van der Waals surface area contributed by atoms with Crippen molar-refractivity contribution in [3.63, 3.8) is 0 Å². The van der Waals surface area contributed by atoms with E-state index >= 15 is 0 Å². The van der Waals surface area contributed by atoms with Gasteiger partial charge in [-0.3, -0.25) is 9.89 Å². The van der Waals surface area contributed by atoms with E-state index in [0.717, 1.165) is 0 Å². The van der Waals surface area contributed by atoms with Crippen molar-refractivity contribution < 1.29 is 22.3 Å². The Kier molecular flexibility index (Phi) is 3.96. The smallest absolute Gasteiger partial charge is 0.422 e. The topological polar surface area (TPSA) is 63.8 Å². The normalized spacial score (nSPS) is 14.2. The average Bonchev–Trinajstić information content (AvgIpc) is 3.19. The first-order valence-corrected chi connectivity index (χ1v) is 8.13. The highest BCUT2D eigenvalue weighted by Gasteiger charge is 2.33. The Morgan fingerprint density at radius 2 is 2.08 bits per heavy atom. The molecule has 0 spiro atoms. The number of aliphatic imine (C=N–C) groups is 1. The summed E-state index contributed by atoms with van der Waals surface area (Å²) in [6, 6.07) is 2.75. The maximum absolute atomic E-state index is 12.7. The van der Waals surface area contributed by atoms with Crippen molar-refractivity contribution in [3.8, 4) is 16.3 Å². The van der Waals surface area contributed by atoms with E-state index < -0.39 is 12.1 Å². The zero-order chi connectivity index (χ0) is 18.1. The maximum Gasteiger partial charge on any atom is 0.573 e. The number of oxazole rings is 1. The Bertz CT molecular complexity index is 1010. The molecule has 1 aromatic carbocycles. The van der Waals surface area contributed by atoms with Crippen LogP contribution in [0.2, 0.25) is 0 Å². The van der Waals surface area contributed by atoms with Gasteiger partial charge in [-0.1, -0.05) is 0 Å². The van der Waals surface area contributed by atoms with Gasteiger partial charge in [0.2, 0.25) is 0 Å². The van der Waals surface area contributed by atoms with Gasteiger partial charge in [0, 0.05) is 36.4 Å². The van der Waals surface area contributed by atoms with Crippen LogP contribution in [-0.4, -0.2) is 22.5 Å². The number of thiazole rings is 1. The van der Waals surface area contributed by atoms with E-state index in [1.807, 2.05) is 0 Å². The van der Waals surface area contributed by atoms with Gasteiger partial charge < -0.3 is 9.15 Å². The first kappa shape index (κ1) is 16.3. The van der Waals surface area contributed by atoms with Crippen molar-refractivity contribution in [2.24, 2.45) is 4.99 Å². The fraction of sp³-hybridized carbons (Fsp3) is 0.0625. The van der Waals surface area contributed by atoms with Crippen LogP contribution in [0.25, 0.3) is 21.7 Å². The van der Waals surface area contributed by atoms with E-state index in [-0.39, 0.29) is 17.1 Å². The van der Waals surface area contributed by atoms with Gasteiger partial charge in [0.25, 0.3) is 0 Å².